The zero-order chi connectivity index (χ0) is 9.86. The fraction of sp³-hybridized carbons (Fsp3) is 0.538. The minimum Gasteiger partial charge on any atom is -0.312 e. The van der Waals surface area contributed by atoms with Gasteiger partial charge in [-0.15, -0.1) is 12.4 Å². The molecule has 2 rings (SSSR count). The number of hydrogen-bond acceptors (Lipinski definition) is 1. The lowest BCUT2D eigenvalue weighted by Crippen LogP contribution is -2.36. The van der Waals surface area contributed by atoms with Crippen LogP contribution in [0.3, 0.4) is 0 Å². The summed E-state index contributed by atoms with van der Waals surface area (Å²) in [6, 6.07) is 10.6. The summed E-state index contributed by atoms with van der Waals surface area (Å²) in [6.07, 6.45) is 4.22. The van der Waals surface area contributed by atoms with Gasteiger partial charge in [-0.3, -0.25) is 0 Å². The van der Waals surface area contributed by atoms with E-state index in [2.05, 4.69) is 42.6 Å². The third kappa shape index (κ3) is 3.51. The first kappa shape index (κ1) is 12.5. The van der Waals surface area contributed by atoms with Crippen LogP contribution >= 0.6 is 12.4 Å². The van der Waals surface area contributed by atoms with E-state index in [4.69, 9.17) is 0 Å². The smallest absolute Gasteiger partial charge is 0.0205 e. The van der Waals surface area contributed by atoms with Gasteiger partial charge in [0.25, 0.3) is 0 Å². The van der Waals surface area contributed by atoms with Crippen LogP contribution in [-0.2, 0) is 6.54 Å². The Morgan fingerprint density at radius 1 is 1.20 bits per heavy atom. The molecule has 1 nitrogen and oxygen atoms in total. The molecule has 2 heteroatoms. The van der Waals surface area contributed by atoms with Gasteiger partial charge in [0.15, 0.2) is 0 Å². The zero-order valence-corrected chi connectivity index (χ0v) is 10.1. The van der Waals surface area contributed by atoms with Crippen molar-refractivity contribution in [1.29, 1.82) is 0 Å². The van der Waals surface area contributed by atoms with Gasteiger partial charge in [0.05, 0.1) is 0 Å². The highest BCUT2D eigenvalue weighted by atomic mass is 35.5. The van der Waals surface area contributed by atoms with Gasteiger partial charge in [-0.1, -0.05) is 43.7 Å². The largest absolute Gasteiger partial charge is 0.312 e. The second-order valence-corrected chi connectivity index (χ2v) is 4.75. The molecule has 0 saturated heterocycles. The molecule has 1 aromatic rings. The maximum Gasteiger partial charge on any atom is 0.0205 e. The molecule has 1 saturated carbocycles. The van der Waals surface area contributed by atoms with E-state index < -0.39 is 0 Å². The summed E-state index contributed by atoms with van der Waals surface area (Å²) in [5, 5.41) is 3.54. The molecule has 0 bridgehead atoms. The number of halogens is 1. The number of nitrogens with one attached hydrogen (secondary N) is 1. The molecule has 0 unspecified atom stereocenters. The zero-order valence-electron chi connectivity index (χ0n) is 9.33. The van der Waals surface area contributed by atoms with Crippen molar-refractivity contribution < 1.29 is 0 Å². The molecular weight excluding hydrogens is 206 g/mol. The monoisotopic (exact) mass is 225 g/mol. The standard InChI is InChI=1S/C13H19N.ClH/c1-13(8-5-9-13)11-14-10-12-6-3-2-4-7-12;/h2-4,6-7,14H,5,8-11H2,1H3;1H. The van der Waals surface area contributed by atoms with Gasteiger partial charge in [-0.25, -0.2) is 0 Å². The molecule has 0 aromatic heterocycles. The quantitative estimate of drug-likeness (QED) is 0.829. The van der Waals surface area contributed by atoms with Crippen LogP contribution in [0.25, 0.3) is 0 Å². The third-order valence-electron chi connectivity index (χ3n) is 3.28. The normalized spacial score (nSPS) is 17.7. The van der Waals surface area contributed by atoms with Crippen molar-refractivity contribution >= 4 is 12.4 Å². The van der Waals surface area contributed by atoms with Gasteiger partial charge < -0.3 is 5.32 Å². The van der Waals surface area contributed by atoms with Gasteiger partial charge in [-0.2, -0.15) is 0 Å². The van der Waals surface area contributed by atoms with E-state index in [0.29, 0.717) is 5.41 Å². The Bertz CT molecular complexity index is 280. The average molecular weight is 226 g/mol. The van der Waals surface area contributed by atoms with Gasteiger partial charge in [0.1, 0.15) is 0 Å². The molecule has 1 aromatic carbocycles. The van der Waals surface area contributed by atoms with Crippen LogP contribution in [-0.4, -0.2) is 6.54 Å². The van der Waals surface area contributed by atoms with Crippen molar-refractivity contribution in [1.82, 2.24) is 5.32 Å². The first-order valence-corrected chi connectivity index (χ1v) is 5.53. The highest BCUT2D eigenvalue weighted by Crippen LogP contribution is 2.39. The molecule has 0 atom stereocenters. The fourth-order valence-corrected chi connectivity index (χ4v) is 2.06. The molecule has 1 aliphatic carbocycles. The maximum absolute atomic E-state index is 3.54. The van der Waals surface area contributed by atoms with Crippen LogP contribution < -0.4 is 5.32 Å². The van der Waals surface area contributed by atoms with Crippen LogP contribution in [0.5, 0.6) is 0 Å². The Morgan fingerprint density at radius 3 is 2.40 bits per heavy atom. The summed E-state index contributed by atoms with van der Waals surface area (Å²) in [6.45, 7) is 4.56. The Morgan fingerprint density at radius 2 is 1.87 bits per heavy atom. The molecule has 0 heterocycles. The van der Waals surface area contributed by atoms with E-state index in [1.165, 1.54) is 31.4 Å². The van der Waals surface area contributed by atoms with Crippen molar-refractivity contribution in [3.63, 3.8) is 0 Å². The van der Waals surface area contributed by atoms with Crippen molar-refractivity contribution in [3.8, 4) is 0 Å². The Kier molecular flexibility index (Phi) is 4.62. The van der Waals surface area contributed by atoms with E-state index >= 15 is 0 Å². The minimum atomic E-state index is 0. The molecule has 15 heavy (non-hydrogen) atoms. The number of rotatable bonds is 4. The molecule has 0 spiro atoms. The second kappa shape index (κ2) is 5.53. The van der Waals surface area contributed by atoms with E-state index in [9.17, 15) is 0 Å². The van der Waals surface area contributed by atoms with Crippen LogP contribution in [0, 0.1) is 5.41 Å². The molecule has 84 valence electrons. The molecule has 0 aliphatic heterocycles. The van der Waals surface area contributed by atoms with Crippen molar-refractivity contribution in [2.45, 2.75) is 32.7 Å². The maximum atomic E-state index is 3.54. The summed E-state index contributed by atoms with van der Waals surface area (Å²) >= 11 is 0. The average Bonchev–Trinajstić information content (AvgIpc) is 2.17. The molecular formula is C13H20ClN. The highest BCUT2D eigenvalue weighted by molar-refractivity contribution is 5.85. The van der Waals surface area contributed by atoms with Crippen LogP contribution in [0.4, 0.5) is 0 Å². The molecule has 1 N–H and O–H groups in total. The van der Waals surface area contributed by atoms with E-state index in [1.54, 1.807) is 0 Å². The lowest BCUT2D eigenvalue weighted by Gasteiger charge is -2.38. The van der Waals surface area contributed by atoms with Gasteiger partial charge in [0, 0.05) is 13.1 Å². The van der Waals surface area contributed by atoms with Crippen LogP contribution in [0.15, 0.2) is 30.3 Å². The van der Waals surface area contributed by atoms with Crippen molar-refractivity contribution in [3.05, 3.63) is 35.9 Å². The topological polar surface area (TPSA) is 12.0 Å². The van der Waals surface area contributed by atoms with E-state index in [0.717, 1.165) is 6.54 Å². The minimum absolute atomic E-state index is 0. The lowest BCUT2D eigenvalue weighted by molar-refractivity contribution is 0.156. The summed E-state index contributed by atoms with van der Waals surface area (Å²) < 4.78 is 0. The Labute approximate surface area is 98.7 Å². The molecule has 0 amide bonds. The Hall–Kier alpha value is -0.530. The summed E-state index contributed by atoms with van der Waals surface area (Å²) in [4.78, 5) is 0. The number of benzene rings is 1. The highest BCUT2D eigenvalue weighted by Gasteiger charge is 2.30. The molecule has 1 aliphatic rings. The van der Waals surface area contributed by atoms with Crippen molar-refractivity contribution in [2.75, 3.05) is 6.54 Å². The first-order chi connectivity index (χ1) is 6.79. The lowest BCUT2D eigenvalue weighted by atomic mass is 9.70. The Balaban J connectivity index is 0.00000112. The predicted octanol–water partition coefficient (Wildman–Crippen LogP) is 3.39. The van der Waals surface area contributed by atoms with Gasteiger partial charge in [0.2, 0.25) is 0 Å². The van der Waals surface area contributed by atoms with Crippen LogP contribution in [0.1, 0.15) is 31.7 Å². The SMILES string of the molecule is CC1(CNCc2ccccc2)CCC1.Cl. The van der Waals surface area contributed by atoms with Gasteiger partial charge >= 0.3 is 0 Å². The predicted molar refractivity (Wildman–Crippen MR) is 67.4 cm³/mol. The fourth-order valence-electron chi connectivity index (χ4n) is 2.06. The van der Waals surface area contributed by atoms with E-state index in [-0.39, 0.29) is 12.4 Å². The van der Waals surface area contributed by atoms with Gasteiger partial charge in [-0.05, 0) is 23.8 Å². The van der Waals surface area contributed by atoms with Crippen LogP contribution in [0.2, 0.25) is 0 Å². The van der Waals surface area contributed by atoms with Crippen molar-refractivity contribution in [2.24, 2.45) is 5.41 Å². The first-order valence-electron chi connectivity index (χ1n) is 5.53. The summed E-state index contributed by atoms with van der Waals surface area (Å²) in [7, 11) is 0. The molecule has 1 fully saturated rings. The van der Waals surface area contributed by atoms with E-state index in [1.807, 2.05) is 0 Å². The summed E-state index contributed by atoms with van der Waals surface area (Å²) in [5.74, 6) is 0. The summed E-state index contributed by atoms with van der Waals surface area (Å²) in [5.41, 5.74) is 1.98. The second-order valence-electron chi connectivity index (χ2n) is 4.75. The number of hydrogen-bond donors (Lipinski definition) is 1. The third-order valence-corrected chi connectivity index (χ3v) is 3.28. The molecule has 0 radical (unpaired) electrons.